The molecule has 0 spiro atoms. The minimum absolute atomic E-state index is 0.0418. The first-order valence-electron chi connectivity index (χ1n) is 7.98. The Kier molecular flexibility index (Phi) is 3.89. The number of piperidine rings is 1. The van der Waals surface area contributed by atoms with Crippen LogP contribution in [0.25, 0.3) is 0 Å². The Bertz CT molecular complexity index is 538. The highest BCUT2D eigenvalue weighted by atomic mass is 16.2. The first-order valence-corrected chi connectivity index (χ1v) is 7.98. The summed E-state index contributed by atoms with van der Waals surface area (Å²) >= 11 is 0. The summed E-state index contributed by atoms with van der Waals surface area (Å²) in [7, 11) is 0. The topological polar surface area (TPSA) is 67.4 Å². The molecule has 2 aliphatic heterocycles. The number of aryl methyl sites for hydroxylation is 2. The summed E-state index contributed by atoms with van der Waals surface area (Å²) in [4.78, 5) is 17.3. The summed E-state index contributed by atoms with van der Waals surface area (Å²) in [6.45, 7) is 8.30. The maximum absolute atomic E-state index is 12.9. The molecule has 3 heterocycles. The molecule has 0 aromatic carbocycles. The zero-order valence-electron chi connectivity index (χ0n) is 13.0. The van der Waals surface area contributed by atoms with Crippen LogP contribution in [0.15, 0.2) is 0 Å². The summed E-state index contributed by atoms with van der Waals surface area (Å²) in [5.74, 6) is 0.0418. The van der Waals surface area contributed by atoms with Gasteiger partial charge in [-0.25, -0.2) is 0 Å². The van der Waals surface area contributed by atoms with Gasteiger partial charge in [0.05, 0.1) is 11.4 Å². The van der Waals surface area contributed by atoms with E-state index in [0.29, 0.717) is 24.0 Å². The van der Waals surface area contributed by atoms with E-state index in [4.69, 9.17) is 5.73 Å². The quantitative estimate of drug-likeness (QED) is 0.886. The number of aromatic nitrogens is 2. The minimum Gasteiger partial charge on any atom is -0.395 e. The molecule has 0 radical (unpaired) electrons. The van der Waals surface area contributed by atoms with Crippen LogP contribution in [0.3, 0.4) is 0 Å². The average Bonchev–Trinajstić information content (AvgIpc) is 2.81. The normalized spacial score (nSPS) is 23.1. The van der Waals surface area contributed by atoms with E-state index in [0.717, 1.165) is 25.3 Å². The van der Waals surface area contributed by atoms with Crippen LogP contribution >= 0.6 is 0 Å². The number of piperazine rings is 1. The summed E-state index contributed by atoms with van der Waals surface area (Å²) in [6, 6.07) is 0.525. The lowest BCUT2D eigenvalue weighted by atomic mass is 9.99. The van der Waals surface area contributed by atoms with Crippen molar-refractivity contribution in [3.05, 3.63) is 11.4 Å². The van der Waals surface area contributed by atoms with Gasteiger partial charge in [0.2, 0.25) is 0 Å². The number of anilines is 1. The second-order valence-corrected chi connectivity index (χ2v) is 6.10. The first-order chi connectivity index (χ1) is 10.1. The van der Waals surface area contributed by atoms with Crippen molar-refractivity contribution in [2.75, 3.05) is 31.9 Å². The molecule has 1 atom stereocenters. The van der Waals surface area contributed by atoms with E-state index in [1.54, 1.807) is 4.68 Å². The number of nitrogens with two attached hydrogens (primary N) is 1. The summed E-state index contributed by atoms with van der Waals surface area (Å²) < 4.78 is 1.74. The zero-order valence-corrected chi connectivity index (χ0v) is 13.0. The number of carbonyl (C=O) groups excluding carboxylic acids is 1. The molecular formula is C15H25N5O. The maximum Gasteiger partial charge on any atom is 0.274 e. The van der Waals surface area contributed by atoms with Crippen molar-refractivity contribution >= 4 is 11.6 Å². The molecule has 2 N–H and O–H groups in total. The van der Waals surface area contributed by atoms with Gasteiger partial charge in [-0.2, -0.15) is 5.10 Å². The molecule has 21 heavy (non-hydrogen) atoms. The molecule has 1 aromatic heterocycles. The third-order valence-corrected chi connectivity index (χ3v) is 4.80. The van der Waals surface area contributed by atoms with Crippen molar-refractivity contribution in [2.45, 2.75) is 45.7 Å². The van der Waals surface area contributed by atoms with Gasteiger partial charge in [-0.1, -0.05) is 6.42 Å². The van der Waals surface area contributed by atoms with Crippen LogP contribution in [0.5, 0.6) is 0 Å². The molecular weight excluding hydrogens is 266 g/mol. The Labute approximate surface area is 125 Å². The van der Waals surface area contributed by atoms with Crippen LogP contribution in [0.4, 0.5) is 5.69 Å². The molecule has 1 unspecified atom stereocenters. The molecule has 0 aliphatic carbocycles. The Morgan fingerprint density at radius 1 is 1.33 bits per heavy atom. The van der Waals surface area contributed by atoms with Crippen LogP contribution in [0, 0.1) is 6.92 Å². The van der Waals surface area contributed by atoms with Crippen LogP contribution in [-0.4, -0.2) is 57.7 Å². The summed E-state index contributed by atoms with van der Waals surface area (Å²) in [5.41, 5.74) is 7.93. The predicted octanol–water partition coefficient (Wildman–Crippen LogP) is 1.10. The van der Waals surface area contributed by atoms with Gasteiger partial charge >= 0.3 is 0 Å². The molecule has 2 aliphatic rings. The molecule has 6 heteroatoms. The molecule has 6 nitrogen and oxygen atoms in total. The van der Waals surface area contributed by atoms with Gasteiger partial charge in [0.1, 0.15) is 5.69 Å². The van der Waals surface area contributed by atoms with Crippen molar-refractivity contribution in [3.63, 3.8) is 0 Å². The molecule has 2 saturated heterocycles. The number of hydrogen-bond donors (Lipinski definition) is 1. The van der Waals surface area contributed by atoms with E-state index in [2.05, 4.69) is 10.00 Å². The van der Waals surface area contributed by atoms with Gasteiger partial charge in [-0.3, -0.25) is 14.4 Å². The van der Waals surface area contributed by atoms with Gasteiger partial charge in [0.25, 0.3) is 5.91 Å². The van der Waals surface area contributed by atoms with Gasteiger partial charge in [0, 0.05) is 32.2 Å². The van der Waals surface area contributed by atoms with Gasteiger partial charge < -0.3 is 10.6 Å². The maximum atomic E-state index is 12.9. The monoisotopic (exact) mass is 291 g/mol. The fraction of sp³-hybridized carbons (Fsp3) is 0.733. The van der Waals surface area contributed by atoms with Crippen molar-refractivity contribution in [2.24, 2.45) is 0 Å². The number of nitrogens with zero attached hydrogens (tertiary/aromatic N) is 4. The fourth-order valence-electron chi connectivity index (χ4n) is 3.54. The Morgan fingerprint density at radius 3 is 2.90 bits per heavy atom. The van der Waals surface area contributed by atoms with Crippen molar-refractivity contribution in [1.82, 2.24) is 19.6 Å². The van der Waals surface area contributed by atoms with Gasteiger partial charge in [0.15, 0.2) is 0 Å². The molecule has 2 fully saturated rings. The molecule has 1 amide bonds. The second-order valence-electron chi connectivity index (χ2n) is 6.10. The lowest BCUT2D eigenvalue weighted by molar-refractivity contribution is 0.0364. The molecule has 0 saturated carbocycles. The number of fused-ring (bicyclic) bond motifs is 1. The number of amides is 1. The Morgan fingerprint density at radius 2 is 2.14 bits per heavy atom. The Balaban J connectivity index is 1.79. The van der Waals surface area contributed by atoms with Crippen molar-refractivity contribution < 1.29 is 4.79 Å². The van der Waals surface area contributed by atoms with Crippen molar-refractivity contribution in [3.8, 4) is 0 Å². The number of rotatable bonds is 2. The van der Waals surface area contributed by atoms with E-state index in [1.807, 2.05) is 18.7 Å². The third-order valence-electron chi connectivity index (χ3n) is 4.80. The average molecular weight is 291 g/mol. The molecule has 0 bridgehead atoms. The van der Waals surface area contributed by atoms with Gasteiger partial charge in [-0.05, 0) is 33.2 Å². The van der Waals surface area contributed by atoms with E-state index in [1.165, 1.54) is 25.8 Å². The first kappa shape index (κ1) is 14.4. The van der Waals surface area contributed by atoms with E-state index < -0.39 is 0 Å². The lowest BCUT2D eigenvalue weighted by Gasteiger charge is -2.44. The molecule has 3 rings (SSSR count). The largest absolute Gasteiger partial charge is 0.395 e. The smallest absolute Gasteiger partial charge is 0.274 e. The number of carbonyl (C=O) groups is 1. The highest BCUT2D eigenvalue weighted by Crippen LogP contribution is 2.24. The summed E-state index contributed by atoms with van der Waals surface area (Å²) in [6.07, 6.45) is 3.77. The number of nitrogen functional groups attached to an aromatic ring is 1. The predicted molar refractivity (Wildman–Crippen MR) is 82.2 cm³/mol. The highest BCUT2D eigenvalue weighted by molar-refractivity contribution is 5.98. The van der Waals surface area contributed by atoms with Crippen LogP contribution in [0.1, 0.15) is 42.4 Å². The van der Waals surface area contributed by atoms with Crippen LogP contribution < -0.4 is 5.73 Å². The standard InChI is InChI=1S/C15H25N5O/c1-3-20-14(13(16)11(2)17-20)15(21)19-9-8-18-7-5-4-6-12(18)10-19/h12H,3-10,16H2,1-2H3. The van der Waals surface area contributed by atoms with E-state index >= 15 is 0 Å². The van der Waals surface area contributed by atoms with Gasteiger partial charge in [-0.15, -0.1) is 0 Å². The van der Waals surface area contributed by atoms with Crippen LogP contribution in [-0.2, 0) is 6.54 Å². The number of hydrogen-bond acceptors (Lipinski definition) is 4. The van der Waals surface area contributed by atoms with Crippen molar-refractivity contribution in [1.29, 1.82) is 0 Å². The SMILES string of the molecule is CCn1nc(C)c(N)c1C(=O)N1CCN2CCCCC2C1. The molecule has 116 valence electrons. The lowest BCUT2D eigenvalue weighted by Crippen LogP contribution is -2.56. The third kappa shape index (κ3) is 2.52. The minimum atomic E-state index is 0.0418. The van der Waals surface area contributed by atoms with E-state index in [-0.39, 0.29) is 5.91 Å². The molecule has 1 aromatic rings. The van der Waals surface area contributed by atoms with Crippen LogP contribution in [0.2, 0.25) is 0 Å². The highest BCUT2D eigenvalue weighted by Gasteiger charge is 2.33. The zero-order chi connectivity index (χ0) is 15.0. The Hall–Kier alpha value is -1.56. The second kappa shape index (κ2) is 5.67. The summed E-state index contributed by atoms with van der Waals surface area (Å²) in [5, 5.41) is 4.36. The van der Waals surface area contributed by atoms with E-state index in [9.17, 15) is 4.79 Å². The fourth-order valence-corrected chi connectivity index (χ4v) is 3.54.